The fourth-order valence-electron chi connectivity index (χ4n) is 2.85. The van der Waals surface area contributed by atoms with Gasteiger partial charge < -0.3 is 10.7 Å². The van der Waals surface area contributed by atoms with Crippen molar-refractivity contribution in [1.82, 2.24) is 10.3 Å². The van der Waals surface area contributed by atoms with E-state index in [2.05, 4.69) is 22.7 Å². The van der Waals surface area contributed by atoms with Crippen LogP contribution in [0.25, 0.3) is 0 Å². The van der Waals surface area contributed by atoms with Crippen LogP contribution in [0.2, 0.25) is 5.02 Å². The minimum atomic E-state index is -0.134. The van der Waals surface area contributed by atoms with Gasteiger partial charge in [-0.15, -0.1) is 0 Å². The number of nitrogens with one attached hydrogen (secondary N) is 2. The fraction of sp³-hybridized carbons (Fsp3) is 0.600. The molecular formula is C15H23ClN4O. The molecule has 1 aromatic heterocycles. The van der Waals surface area contributed by atoms with E-state index in [0.29, 0.717) is 22.3 Å². The Hall–Kier alpha value is -1.33. The molecule has 1 aliphatic rings. The smallest absolute Gasteiger partial charge is 0.252 e. The molecule has 2 rings (SSSR count). The van der Waals surface area contributed by atoms with Crippen LogP contribution in [0, 0.1) is 11.8 Å². The molecule has 0 aromatic carbocycles. The van der Waals surface area contributed by atoms with Gasteiger partial charge in [-0.2, -0.15) is 0 Å². The van der Waals surface area contributed by atoms with E-state index in [1.165, 1.54) is 38.3 Å². The third-order valence-corrected chi connectivity index (χ3v) is 4.62. The van der Waals surface area contributed by atoms with Gasteiger partial charge in [0.25, 0.3) is 5.91 Å². The lowest BCUT2D eigenvalue weighted by Gasteiger charge is -2.27. The first-order valence-corrected chi connectivity index (χ1v) is 7.92. The molecule has 1 fully saturated rings. The minimum absolute atomic E-state index is 0.134. The third-order valence-electron chi connectivity index (χ3n) is 4.34. The zero-order chi connectivity index (χ0) is 15.2. The zero-order valence-corrected chi connectivity index (χ0v) is 13.1. The van der Waals surface area contributed by atoms with E-state index in [4.69, 9.17) is 17.4 Å². The molecule has 0 radical (unpaired) electrons. The lowest BCUT2D eigenvalue weighted by atomic mass is 9.81. The molecule has 1 saturated carbocycles. The van der Waals surface area contributed by atoms with Crippen molar-refractivity contribution < 1.29 is 4.79 Å². The SMILES string of the molecule is CCC1CCC(CNC(=O)c2cnc(NN)c(Cl)c2)CC1. The molecule has 0 saturated heterocycles. The summed E-state index contributed by atoms with van der Waals surface area (Å²) in [6.07, 6.45) is 7.71. The van der Waals surface area contributed by atoms with Gasteiger partial charge in [0.15, 0.2) is 5.82 Å². The van der Waals surface area contributed by atoms with E-state index in [0.717, 1.165) is 12.5 Å². The number of nitrogens with zero attached hydrogens (tertiary/aromatic N) is 1. The summed E-state index contributed by atoms with van der Waals surface area (Å²) in [7, 11) is 0. The molecule has 0 bridgehead atoms. The molecule has 4 N–H and O–H groups in total. The van der Waals surface area contributed by atoms with Crippen molar-refractivity contribution in [1.29, 1.82) is 0 Å². The van der Waals surface area contributed by atoms with Crippen LogP contribution in [0.3, 0.4) is 0 Å². The number of carbonyl (C=O) groups is 1. The van der Waals surface area contributed by atoms with E-state index in [1.807, 2.05) is 0 Å². The topological polar surface area (TPSA) is 80.0 Å². The normalized spacial score (nSPS) is 21.9. The van der Waals surface area contributed by atoms with Crippen molar-refractivity contribution in [2.75, 3.05) is 12.0 Å². The van der Waals surface area contributed by atoms with Gasteiger partial charge in [0, 0.05) is 12.7 Å². The number of hydrogen-bond acceptors (Lipinski definition) is 4. The van der Waals surface area contributed by atoms with Gasteiger partial charge in [0.05, 0.1) is 10.6 Å². The minimum Gasteiger partial charge on any atom is -0.352 e. The number of amides is 1. The quantitative estimate of drug-likeness (QED) is 0.577. The molecular weight excluding hydrogens is 288 g/mol. The standard InChI is InChI=1S/C15H23ClN4O/c1-2-10-3-5-11(6-4-10)8-19-15(21)12-7-13(16)14(20-17)18-9-12/h7,9-11H,2-6,8,17H2,1H3,(H,18,20)(H,19,21). The second-order valence-corrected chi connectivity index (χ2v) is 6.11. The number of carbonyl (C=O) groups excluding carboxylic acids is 1. The Kier molecular flexibility index (Phi) is 5.82. The van der Waals surface area contributed by atoms with Gasteiger partial charge >= 0.3 is 0 Å². The van der Waals surface area contributed by atoms with Crippen LogP contribution in [0.15, 0.2) is 12.3 Å². The van der Waals surface area contributed by atoms with Crippen molar-refractivity contribution >= 4 is 23.3 Å². The van der Waals surface area contributed by atoms with Crippen LogP contribution in [-0.4, -0.2) is 17.4 Å². The summed E-state index contributed by atoms with van der Waals surface area (Å²) in [5.41, 5.74) is 2.84. The highest BCUT2D eigenvalue weighted by atomic mass is 35.5. The van der Waals surface area contributed by atoms with Gasteiger partial charge in [0.1, 0.15) is 0 Å². The molecule has 116 valence electrons. The maximum Gasteiger partial charge on any atom is 0.252 e. The Morgan fingerprint density at radius 2 is 2.05 bits per heavy atom. The number of anilines is 1. The first-order chi connectivity index (χ1) is 10.1. The second kappa shape index (κ2) is 7.61. The van der Waals surface area contributed by atoms with Crippen molar-refractivity contribution in [2.45, 2.75) is 39.0 Å². The third kappa shape index (κ3) is 4.32. The van der Waals surface area contributed by atoms with Crippen LogP contribution in [-0.2, 0) is 0 Å². The Morgan fingerprint density at radius 1 is 1.38 bits per heavy atom. The molecule has 6 heteroatoms. The largest absolute Gasteiger partial charge is 0.352 e. The summed E-state index contributed by atoms with van der Waals surface area (Å²) in [6, 6.07) is 1.58. The van der Waals surface area contributed by atoms with E-state index in [1.54, 1.807) is 6.07 Å². The van der Waals surface area contributed by atoms with Gasteiger partial charge in [-0.25, -0.2) is 10.8 Å². The predicted octanol–water partition coefficient (Wildman–Crippen LogP) is 2.97. The van der Waals surface area contributed by atoms with Crippen molar-refractivity contribution in [2.24, 2.45) is 17.7 Å². The maximum absolute atomic E-state index is 12.1. The zero-order valence-electron chi connectivity index (χ0n) is 12.4. The number of halogens is 1. The number of rotatable bonds is 5. The van der Waals surface area contributed by atoms with Crippen molar-refractivity contribution in [3.63, 3.8) is 0 Å². The van der Waals surface area contributed by atoms with E-state index in [9.17, 15) is 4.79 Å². The first kappa shape index (κ1) is 16.0. The lowest BCUT2D eigenvalue weighted by molar-refractivity contribution is 0.0941. The van der Waals surface area contributed by atoms with E-state index in [-0.39, 0.29) is 5.91 Å². The highest BCUT2D eigenvalue weighted by molar-refractivity contribution is 6.33. The van der Waals surface area contributed by atoms with Crippen LogP contribution in [0.4, 0.5) is 5.82 Å². The monoisotopic (exact) mass is 310 g/mol. The van der Waals surface area contributed by atoms with Crippen molar-refractivity contribution in [3.8, 4) is 0 Å². The number of nitrogens with two attached hydrogens (primary N) is 1. The van der Waals surface area contributed by atoms with Crippen LogP contribution >= 0.6 is 11.6 Å². The number of aromatic nitrogens is 1. The molecule has 21 heavy (non-hydrogen) atoms. The Bertz CT molecular complexity index is 487. The summed E-state index contributed by atoms with van der Waals surface area (Å²) >= 11 is 5.97. The summed E-state index contributed by atoms with van der Waals surface area (Å²) in [4.78, 5) is 16.1. The summed E-state index contributed by atoms with van der Waals surface area (Å²) in [5.74, 6) is 6.95. The number of hydrogen-bond donors (Lipinski definition) is 3. The maximum atomic E-state index is 12.1. The van der Waals surface area contributed by atoms with Crippen LogP contribution < -0.4 is 16.6 Å². The highest BCUT2D eigenvalue weighted by Crippen LogP contribution is 2.30. The fourth-order valence-corrected chi connectivity index (χ4v) is 3.07. The molecule has 0 spiro atoms. The van der Waals surface area contributed by atoms with Crippen LogP contribution in [0.1, 0.15) is 49.4 Å². The number of pyridine rings is 1. The summed E-state index contributed by atoms with van der Waals surface area (Å²) in [6.45, 7) is 2.98. The Balaban J connectivity index is 1.83. The number of hydrazine groups is 1. The van der Waals surface area contributed by atoms with Gasteiger partial charge in [-0.1, -0.05) is 37.8 Å². The van der Waals surface area contributed by atoms with Crippen LogP contribution in [0.5, 0.6) is 0 Å². The molecule has 1 heterocycles. The molecule has 1 aliphatic carbocycles. The molecule has 1 amide bonds. The molecule has 5 nitrogen and oxygen atoms in total. The Labute approximate surface area is 130 Å². The molecule has 0 unspecified atom stereocenters. The van der Waals surface area contributed by atoms with Gasteiger partial charge in [0.2, 0.25) is 0 Å². The van der Waals surface area contributed by atoms with Gasteiger partial charge in [-0.05, 0) is 30.7 Å². The summed E-state index contributed by atoms with van der Waals surface area (Å²) in [5, 5.41) is 3.32. The molecule has 0 aliphatic heterocycles. The average Bonchev–Trinajstić information content (AvgIpc) is 2.53. The molecule has 1 aromatic rings. The Morgan fingerprint density at radius 3 is 2.62 bits per heavy atom. The second-order valence-electron chi connectivity index (χ2n) is 5.70. The highest BCUT2D eigenvalue weighted by Gasteiger charge is 2.20. The molecule has 0 atom stereocenters. The lowest BCUT2D eigenvalue weighted by Crippen LogP contribution is -2.31. The van der Waals surface area contributed by atoms with E-state index < -0.39 is 0 Å². The van der Waals surface area contributed by atoms with Gasteiger partial charge in [-0.3, -0.25) is 4.79 Å². The summed E-state index contributed by atoms with van der Waals surface area (Å²) < 4.78 is 0. The number of nitrogen functional groups attached to an aromatic ring is 1. The van der Waals surface area contributed by atoms with Crippen molar-refractivity contribution in [3.05, 3.63) is 22.8 Å². The van der Waals surface area contributed by atoms with E-state index >= 15 is 0 Å². The first-order valence-electron chi connectivity index (χ1n) is 7.54. The average molecular weight is 311 g/mol. The predicted molar refractivity (Wildman–Crippen MR) is 85.1 cm³/mol.